The minimum atomic E-state index is -1.18. The second-order valence-corrected chi connectivity index (χ2v) is 3.90. The van der Waals surface area contributed by atoms with Crippen molar-refractivity contribution >= 4 is 11.9 Å². The molecule has 1 heterocycles. The van der Waals surface area contributed by atoms with Crippen molar-refractivity contribution in [3.8, 4) is 0 Å². The summed E-state index contributed by atoms with van der Waals surface area (Å²) in [5.74, 6) is -1.01. The summed E-state index contributed by atoms with van der Waals surface area (Å²) < 4.78 is 0. The molecule has 4 heteroatoms. The zero-order valence-corrected chi connectivity index (χ0v) is 8.81. The highest BCUT2D eigenvalue weighted by Gasteiger charge is 2.19. The van der Waals surface area contributed by atoms with E-state index in [2.05, 4.69) is 0 Å². The van der Waals surface area contributed by atoms with Crippen molar-refractivity contribution in [2.75, 3.05) is 6.54 Å². The van der Waals surface area contributed by atoms with Crippen LogP contribution in [0.5, 0.6) is 0 Å². The molecule has 0 unspecified atom stereocenters. The Kier molecular flexibility index (Phi) is 2.90. The number of benzene rings is 1. The van der Waals surface area contributed by atoms with Crippen LogP contribution in [-0.2, 0) is 11.3 Å². The fourth-order valence-corrected chi connectivity index (χ4v) is 1.84. The summed E-state index contributed by atoms with van der Waals surface area (Å²) in [6.45, 7) is 1.35. The Bertz CT molecular complexity index is 411. The highest BCUT2D eigenvalue weighted by molar-refractivity contribution is 5.85. The summed E-state index contributed by atoms with van der Waals surface area (Å²) in [6, 6.07) is 6.45. The molecule has 1 aromatic carbocycles. The largest absolute Gasteiger partial charge is 0.545 e. The summed E-state index contributed by atoms with van der Waals surface area (Å²) in [7, 11) is 0. The van der Waals surface area contributed by atoms with Gasteiger partial charge in [-0.25, -0.2) is 0 Å². The first kappa shape index (κ1) is 10.7. The number of carboxylic acids is 1. The zero-order valence-electron chi connectivity index (χ0n) is 8.81. The average molecular weight is 218 g/mol. The van der Waals surface area contributed by atoms with Crippen LogP contribution in [0.4, 0.5) is 0 Å². The maximum Gasteiger partial charge on any atom is 0.222 e. The Hall–Kier alpha value is -1.84. The number of rotatable bonds is 3. The molecule has 0 atom stereocenters. The molecule has 1 fully saturated rings. The van der Waals surface area contributed by atoms with Crippen molar-refractivity contribution in [3.05, 3.63) is 35.4 Å². The van der Waals surface area contributed by atoms with Crippen molar-refractivity contribution in [3.63, 3.8) is 0 Å². The average Bonchev–Trinajstić information content (AvgIpc) is 2.65. The summed E-state index contributed by atoms with van der Waals surface area (Å²) in [6.07, 6.45) is 1.53. The van der Waals surface area contributed by atoms with Gasteiger partial charge in [0.2, 0.25) is 5.91 Å². The quantitative estimate of drug-likeness (QED) is 0.726. The number of likely N-dealkylation sites (tertiary alicyclic amines) is 1. The van der Waals surface area contributed by atoms with Gasteiger partial charge in [-0.15, -0.1) is 0 Å². The maximum absolute atomic E-state index is 11.4. The highest BCUT2D eigenvalue weighted by Crippen LogP contribution is 2.14. The Morgan fingerprint density at radius 3 is 2.50 bits per heavy atom. The number of carboxylic acid groups (broad SMARTS) is 1. The molecule has 1 aliphatic rings. The Labute approximate surface area is 93.5 Å². The van der Waals surface area contributed by atoms with Crippen LogP contribution < -0.4 is 5.11 Å². The minimum Gasteiger partial charge on any atom is -0.545 e. The van der Waals surface area contributed by atoms with E-state index >= 15 is 0 Å². The topological polar surface area (TPSA) is 60.4 Å². The van der Waals surface area contributed by atoms with Gasteiger partial charge in [0.1, 0.15) is 0 Å². The summed E-state index contributed by atoms with van der Waals surface area (Å²) in [5, 5.41) is 10.5. The molecule has 1 aromatic rings. The fraction of sp³-hybridized carbons (Fsp3) is 0.333. The van der Waals surface area contributed by atoms with E-state index in [1.807, 2.05) is 0 Å². The van der Waals surface area contributed by atoms with Crippen LogP contribution in [0, 0.1) is 0 Å². The van der Waals surface area contributed by atoms with Crippen LogP contribution in [0.15, 0.2) is 24.3 Å². The molecule has 0 spiro atoms. The summed E-state index contributed by atoms with van der Waals surface area (Å²) >= 11 is 0. The molecule has 4 nitrogen and oxygen atoms in total. The van der Waals surface area contributed by atoms with Gasteiger partial charge in [-0.1, -0.05) is 24.3 Å². The first-order chi connectivity index (χ1) is 7.66. The third kappa shape index (κ3) is 2.21. The van der Waals surface area contributed by atoms with Gasteiger partial charge in [0, 0.05) is 19.5 Å². The van der Waals surface area contributed by atoms with Gasteiger partial charge in [0.05, 0.1) is 5.97 Å². The predicted octanol–water partition coefficient (Wildman–Crippen LogP) is 0.172. The predicted molar refractivity (Wildman–Crippen MR) is 55.4 cm³/mol. The lowest BCUT2D eigenvalue weighted by atomic mass is 10.1. The van der Waals surface area contributed by atoms with Gasteiger partial charge >= 0.3 is 0 Å². The second-order valence-electron chi connectivity index (χ2n) is 3.90. The number of amides is 1. The number of carbonyl (C=O) groups excluding carboxylic acids is 2. The molecule has 0 aliphatic carbocycles. The molecule has 1 saturated heterocycles. The van der Waals surface area contributed by atoms with E-state index in [4.69, 9.17) is 0 Å². The number of carbonyl (C=O) groups is 2. The van der Waals surface area contributed by atoms with Crippen LogP contribution in [0.25, 0.3) is 0 Å². The Morgan fingerprint density at radius 1 is 1.31 bits per heavy atom. The smallest absolute Gasteiger partial charge is 0.222 e. The van der Waals surface area contributed by atoms with Crippen molar-refractivity contribution in [1.29, 1.82) is 0 Å². The van der Waals surface area contributed by atoms with Crippen LogP contribution >= 0.6 is 0 Å². The molecule has 16 heavy (non-hydrogen) atoms. The standard InChI is InChI=1S/C12H13NO3/c14-11-2-1-7-13(11)8-9-3-5-10(6-4-9)12(15)16/h3-6H,1-2,7-8H2,(H,15,16)/p-1. The lowest BCUT2D eigenvalue weighted by molar-refractivity contribution is -0.255. The SMILES string of the molecule is O=C([O-])c1ccc(CN2CCCC2=O)cc1. The lowest BCUT2D eigenvalue weighted by Crippen LogP contribution is -2.24. The highest BCUT2D eigenvalue weighted by atomic mass is 16.4. The van der Waals surface area contributed by atoms with E-state index in [1.54, 1.807) is 17.0 Å². The van der Waals surface area contributed by atoms with E-state index in [0.29, 0.717) is 13.0 Å². The zero-order chi connectivity index (χ0) is 11.5. The lowest BCUT2D eigenvalue weighted by Gasteiger charge is -2.15. The van der Waals surface area contributed by atoms with Crippen LogP contribution in [0.3, 0.4) is 0 Å². The molecule has 0 saturated carbocycles. The fourth-order valence-electron chi connectivity index (χ4n) is 1.84. The van der Waals surface area contributed by atoms with Crippen LogP contribution in [0.2, 0.25) is 0 Å². The monoisotopic (exact) mass is 218 g/mol. The molecule has 0 aromatic heterocycles. The normalized spacial score (nSPS) is 15.5. The molecule has 0 bridgehead atoms. The third-order valence-corrected chi connectivity index (χ3v) is 2.73. The van der Waals surface area contributed by atoms with Crippen molar-refractivity contribution in [2.24, 2.45) is 0 Å². The molecule has 1 amide bonds. The Balaban J connectivity index is 2.05. The van der Waals surface area contributed by atoms with Gasteiger partial charge in [-0.05, 0) is 17.5 Å². The minimum absolute atomic E-state index is 0.163. The van der Waals surface area contributed by atoms with E-state index in [9.17, 15) is 14.7 Å². The first-order valence-corrected chi connectivity index (χ1v) is 5.25. The molecular formula is C12H12NO3-. The number of aromatic carboxylic acids is 1. The van der Waals surface area contributed by atoms with Gasteiger partial charge in [-0.2, -0.15) is 0 Å². The van der Waals surface area contributed by atoms with E-state index < -0.39 is 5.97 Å². The van der Waals surface area contributed by atoms with Crippen molar-refractivity contribution < 1.29 is 14.7 Å². The van der Waals surface area contributed by atoms with E-state index in [0.717, 1.165) is 18.5 Å². The van der Waals surface area contributed by atoms with Gasteiger partial charge in [0.15, 0.2) is 0 Å². The van der Waals surface area contributed by atoms with Gasteiger partial charge in [-0.3, -0.25) is 4.79 Å². The third-order valence-electron chi connectivity index (χ3n) is 2.73. The number of hydrogen-bond donors (Lipinski definition) is 0. The van der Waals surface area contributed by atoms with E-state index in [-0.39, 0.29) is 11.5 Å². The summed E-state index contributed by atoms with van der Waals surface area (Å²) in [4.78, 5) is 23.7. The number of hydrogen-bond acceptors (Lipinski definition) is 3. The molecular weight excluding hydrogens is 206 g/mol. The van der Waals surface area contributed by atoms with Gasteiger partial charge < -0.3 is 14.8 Å². The van der Waals surface area contributed by atoms with Crippen LogP contribution in [0.1, 0.15) is 28.8 Å². The Morgan fingerprint density at radius 2 is 2.00 bits per heavy atom. The van der Waals surface area contributed by atoms with Crippen molar-refractivity contribution in [2.45, 2.75) is 19.4 Å². The second kappa shape index (κ2) is 4.35. The van der Waals surface area contributed by atoms with Gasteiger partial charge in [0.25, 0.3) is 0 Å². The molecule has 2 rings (SSSR count). The van der Waals surface area contributed by atoms with E-state index in [1.165, 1.54) is 12.1 Å². The van der Waals surface area contributed by atoms with Crippen LogP contribution in [-0.4, -0.2) is 23.3 Å². The van der Waals surface area contributed by atoms with Crippen molar-refractivity contribution in [1.82, 2.24) is 4.90 Å². The summed E-state index contributed by atoms with van der Waals surface area (Å²) in [5.41, 5.74) is 1.11. The molecule has 1 aliphatic heterocycles. The first-order valence-electron chi connectivity index (χ1n) is 5.25. The maximum atomic E-state index is 11.4. The number of nitrogens with zero attached hydrogens (tertiary/aromatic N) is 1. The molecule has 0 radical (unpaired) electrons. The molecule has 84 valence electrons. The molecule has 0 N–H and O–H groups in total.